The number of rotatable bonds is 6. The van der Waals surface area contributed by atoms with Crippen LogP contribution < -0.4 is 10.6 Å². The van der Waals surface area contributed by atoms with Gasteiger partial charge in [-0.3, -0.25) is 4.79 Å². The van der Waals surface area contributed by atoms with Gasteiger partial charge >= 0.3 is 0 Å². The van der Waals surface area contributed by atoms with Crippen LogP contribution in [0.15, 0.2) is 28.7 Å². The molecule has 1 aromatic carbocycles. The molecule has 0 unspecified atom stereocenters. The highest BCUT2D eigenvalue weighted by Gasteiger charge is 2.04. The fraction of sp³-hybridized carbons (Fsp3) is 0.357. The molecule has 1 aromatic heterocycles. The Labute approximate surface area is 117 Å². The first-order valence-corrected chi connectivity index (χ1v) is 6.50. The van der Waals surface area contributed by atoms with Crippen LogP contribution in [0, 0.1) is 13.8 Å². The van der Waals surface area contributed by atoms with Crippen molar-refractivity contribution in [1.82, 2.24) is 20.8 Å². The molecule has 2 N–H and O–H groups in total. The predicted molar refractivity (Wildman–Crippen MR) is 74.3 cm³/mol. The van der Waals surface area contributed by atoms with Crippen molar-refractivity contribution in [2.75, 3.05) is 13.1 Å². The molecule has 0 aliphatic heterocycles. The molecule has 0 radical (unpaired) electrons. The summed E-state index contributed by atoms with van der Waals surface area (Å²) in [4.78, 5) is 11.8. The van der Waals surface area contributed by atoms with Crippen molar-refractivity contribution in [3.63, 3.8) is 0 Å². The van der Waals surface area contributed by atoms with Crippen LogP contribution in [0.5, 0.6) is 0 Å². The van der Waals surface area contributed by atoms with E-state index in [9.17, 15) is 4.79 Å². The summed E-state index contributed by atoms with van der Waals surface area (Å²) in [6.45, 7) is 5.42. The number of carbonyl (C=O) groups is 1. The topological polar surface area (TPSA) is 80.0 Å². The molecule has 0 fully saturated rings. The van der Waals surface area contributed by atoms with E-state index < -0.39 is 0 Å². The van der Waals surface area contributed by atoms with Crippen molar-refractivity contribution in [2.45, 2.75) is 20.4 Å². The first-order valence-electron chi connectivity index (χ1n) is 6.50. The lowest BCUT2D eigenvalue weighted by Gasteiger charge is -2.06. The van der Waals surface area contributed by atoms with E-state index in [0.29, 0.717) is 37.0 Å². The highest BCUT2D eigenvalue weighted by Crippen LogP contribution is 2.02. The number of carbonyl (C=O) groups excluding carboxylic acids is 1. The van der Waals surface area contributed by atoms with Crippen molar-refractivity contribution in [3.05, 3.63) is 47.2 Å². The molecule has 20 heavy (non-hydrogen) atoms. The fourth-order valence-corrected chi connectivity index (χ4v) is 1.68. The summed E-state index contributed by atoms with van der Waals surface area (Å²) in [6.07, 6.45) is 0. The number of hydrogen-bond acceptors (Lipinski definition) is 5. The molecule has 6 nitrogen and oxygen atoms in total. The summed E-state index contributed by atoms with van der Waals surface area (Å²) >= 11 is 0. The summed E-state index contributed by atoms with van der Waals surface area (Å²) in [7, 11) is 0. The van der Waals surface area contributed by atoms with Gasteiger partial charge in [0.2, 0.25) is 11.8 Å². The third-order valence-electron chi connectivity index (χ3n) is 2.75. The van der Waals surface area contributed by atoms with Crippen LogP contribution in [0.25, 0.3) is 0 Å². The lowest BCUT2D eigenvalue weighted by molar-refractivity contribution is 0.0954. The third-order valence-corrected chi connectivity index (χ3v) is 2.75. The van der Waals surface area contributed by atoms with Gasteiger partial charge < -0.3 is 15.1 Å². The normalized spacial score (nSPS) is 10.5. The molecule has 0 spiro atoms. The van der Waals surface area contributed by atoms with Gasteiger partial charge in [0, 0.05) is 25.6 Å². The van der Waals surface area contributed by atoms with Crippen molar-refractivity contribution >= 4 is 5.91 Å². The molecule has 0 aliphatic rings. The van der Waals surface area contributed by atoms with E-state index in [1.165, 1.54) is 0 Å². The van der Waals surface area contributed by atoms with E-state index in [1.807, 2.05) is 31.2 Å². The maximum atomic E-state index is 11.8. The van der Waals surface area contributed by atoms with Gasteiger partial charge in [-0.05, 0) is 19.1 Å². The van der Waals surface area contributed by atoms with Gasteiger partial charge in [0.25, 0.3) is 5.91 Å². The second-order valence-corrected chi connectivity index (χ2v) is 4.51. The van der Waals surface area contributed by atoms with Gasteiger partial charge in [0.05, 0.1) is 6.54 Å². The SMILES string of the molecule is Cc1ccc(C(=O)NCCNCc2nnc(C)o2)cc1. The summed E-state index contributed by atoms with van der Waals surface area (Å²) in [5.41, 5.74) is 1.81. The standard InChI is InChI=1S/C14H18N4O2/c1-10-3-5-12(6-4-10)14(19)16-8-7-15-9-13-18-17-11(2)20-13/h3-6,15H,7-9H2,1-2H3,(H,16,19). The average molecular weight is 274 g/mol. The molecule has 106 valence electrons. The molecule has 6 heteroatoms. The predicted octanol–water partition coefficient (Wildman–Crippen LogP) is 1.21. The van der Waals surface area contributed by atoms with Crippen LogP contribution in [-0.2, 0) is 6.54 Å². The zero-order valence-corrected chi connectivity index (χ0v) is 11.6. The maximum absolute atomic E-state index is 11.8. The minimum atomic E-state index is -0.0690. The largest absolute Gasteiger partial charge is 0.424 e. The summed E-state index contributed by atoms with van der Waals surface area (Å²) in [5.74, 6) is 1.03. The minimum Gasteiger partial charge on any atom is -0.424 e. The molecule has 1 amide bonds. The van der Waals surface area contributed by atoms with Crippen LogP contribution >= 0.6 is 0 Å². The Morgan fingerprint density at radius 1 is 1.15 bits per heavy atom. The lowest BCUT2D eigenvalue weighted by atomic mass is 10.1. The quantitative estimate of drug-likeness (QED) is 0.774. The molecule has 2 rings (SSSR count). The van der Waals surface area contributed by atoms with Gasteiger partial charge in [0.1, 0.15) is 0 Å². The van der Waals surface area contributed by atoms with E-state index >= 15 is 0 Å². The highest BCUT2D eigenvalue weighted by molar-refractivity contribution is 5.94. The molecule has 2 aromatic rings. The smallest absolute Gasteiger partial charge is 0.251 e. The number of aryl methyl sites for hydroxylation is 2. The van der Waals surface area contributed by atoms with E-state index in [1.54, 1.807) is 6.92 Å². The van der Waals surface area contributed by atoms with Gasteiger partial charge in [-0.15, -0.1) is 10.2 Å². The van der Waals surface area contributed by atoms with E-state index in [2.05, 4.69) is 20.8 Å². The first-order chi connectivity index (χ1) is 9.65. The summed E-state index contributed by atoms with van der Waals surface area (Å²) in [5, 5.41) is 13.6. The third kappa shape index (κ3) is 4.17. The van der Waals surface area contributed by atoms with E-state index in [-0.39, 0.29) is 5.91 Å². The van der Waals surface area contributed by atoms with Gasteiger partial charge in [-0.2, -0.15) is 0 Å². The monoisotopic (exact) mass is 274 g/mol. The van der Waals surface area contributed by atoms with Crippen LogP contribution in [0.4, 0.5) is 0 Å². The van der Waals surface area contributed by atoms with Crippen molar-refractivity contribution < 1.29 is 9.21 Å². The fourth-order valence-electron chi connectivity index (χ4n) is 1.68. The van der Waals surface area contributed by atoms with E-state index in [4.69, 9.17) is 4.42 Å². The van der Waals surface area contributed by atoms with Crippen LogP contribution in [-0.4, -0.2) is 29.2 Å². The number of benzene rings is 1. The highest BCUT2D eigenvalue weighted by atomic mass is 16.4. The first kappa shape index (κ1) is 14.2. The van der Waals surface area contributed by atoms with Crippen LogP contribution in [0.3, 0.4) is 0 Å². The zero-order chi connectivity index (χ0) is 14.4. The van der Waals surface area contributed by atoms with Gasteiger partial charge in [0.15, 0.2) is 0 Å². The maximum Gasteiger partial charge on any atom is 0.251 e. The number of hydrogen-bond donors (Lipinski definition) is 2. The molecule has 0 bridgehead atoms. The number of amides is 1. The van der Waals surface area contributed by atoms with Crippen LogP contribution in [0.1, 0.15) is 27.7 Å². The second-order valence-electron chi connectivity index (χ2n) is 4.51. The van der Waals surface area contributed by atoms with Crippen LogP contribution in [0.2, 0.25) is 0 Å². The Bertz CT molecular complexity index is 563. The number of nitrogens with zero attached hydrogens (tertiary/aromatic N) is 2. The molecule has 0 aliphatic carbocycles. The Kier molecular flexibility index (Phi) is 4.84. The van der Waals surface area contributed by atoms with Gasteiger partial charge in [-0.25, -0.2) is 0 Å². The van der Waals surface area contributed by atoms with Gasteiger partial charge in [-0.1, -0.05) is 17.7 Å². The van der Waals surface area contributed by atoms with E-state index in [0.717, 1.165) is 5.56 Å². The summed E-state index contributed by atoms with van der Waals surface area (Å²) < 4.78 is 5.22. The average Bonchev–Trinajstić information content (AvgIpc) is 2.84. The Hall–Kier alpha value is -2.21. The number of aromatic nitrogens is 2. The Balaban J connectivity index is 1.65. The molecular weight excluding hydrogens is 256 g/mol. The Morgan fingerprint density at radius 2 is 1.90 bits per heavy atom. The van der Waals surface area contributed by atoms with Crippen molar-refractivity contribution in [1.29, 1.82) is 0 Å². The molecule has 0 saturated carbocycles. The summed E-state index contributed by atoms with van der Waals surface area (Å²) in [6, 6.07) is 7.48. The second kappa shape index (κ2) is 6.81. The zero-order valence-electron chi connectivity index (χ0n) is 11.6. The molecule has 0 saturated heterocycles. The number of nitrogens with one attached hydrogen (secondary N) is 2. The van der Waals surface area contributed by atoms with Crippen molar-refractivity contribution in [2.24, 2.45) is 0 Å². The molecule has 0 atom stereocenters. The minimum absolute atomic E-state index is 0.0690. The lowest BCUT2D eigenvalue weighted by Crippen LogP contribution is -2.31. The molecular formula is C14H18N4O2. The molecule has 1 heterocycles. The Morgan fingerprint density at radius 3 is 2.55 bits per heavy atom. The van der Waals surface area contributed by atoms with Crippen molar-refractivity contribution in [3.8, 4) is 0 Å².